The van der Waals surface area contributed by atoms with Crippen molar-refractivity contribution in [3.63, 3.8) is 0 Å². The monoisotopic (exact) mass is 952 g/mol. The molecule has 0 saturated heterocycles. The molecule has 0 aliphatic rings. The highest BCUT2D eigenvalue weighted by molar-refractivity contribution is 5.98. The van der Waals surface area contributed by atoms with Crippen molar-refractivity contribution in [1.29, 1.82) is 0 Å². The second-order valence-electron chi connectivity index (χ2n) is 16.4. The Kier molecular flexibility index (Phi) is 21.5. The van der Waals surface area contributed by atoms with Gasteiger partial charge in [0.1, 0.15) is 36.3 Å². The Bertz CT molecular complexity index is 2270. The SMILES string of the molecule is CC(C)C[C@H](NC(=O)[C@@H](N)CCC(=O)O)C(=O)N[C@@H](CC(N)=O)C(=O)N[C@@H](Cc1ccccc1)C(=O)N[C@@H](CO)C(=O)N[C@H](C(=O)NCC(=O)N[C@@H](Cc1c[nH]c2ccccc12)C(=O)O)[C@@H](C)O. The number of carboxylic acid groups (broad SMARTS) is 2. The molecule has 0 saturated carbocycles. The standard InChI is InChI=1S/C44H60N10O14/c1-22(2)15-29(50-38(61)27(45)13-14-36(59)60)39(62)52-31(18-34(46)57)41(64)51-30(16-24-9-5-4-6-10-24)40(63)53-33(21-55)42(65)54-37(23(3)56)43(66)48-20-35(58)49-32(44(67)68)17-25-19-47-28-12-8-7-11-26(25)28/h4-12,19,22-23,27,29-33,37,47,55-56H,13-18,20-21,45H2,1-3H3,(H2,46,57)(H,48,66)(H,49,58)(H,50,61)(H,51,64)(H,52,62)(H,53,63)(H,54,65)(H,59,60)(H,67,68)/t23-,27+,29+,30+,31+,32+,33+,37+/m1/s1. The number of rotatable bonds is 28. The van der Waals surface area contributed by atoms with E-state index in [1.165, 1.54) is 0 Å². The first-order valence-electron chi connectivity index (χ1n) is 21.5. The third kappa shape index (κ3) is 17.7. The first-order chi connectivity index (χ1) is 32.1. The van der Waals surface area contributed by atoms with Crippen LogP contribution in [0.2, 0.25) is 0 Å². The first-order valence-corrected chi connectivity index (χ1v) is 21.5. The molecule has 24 heteroatoms. The third-order valence-electron chi connectivity index (χ3n) is 10.3. The molecule has 3 rings (SSSR count). The van der Waals surface area contributed by atoms with Crippen LogP contribution in [-0.4, -0.2) is 146 Å². The Morgan fingerprint density at radius 2 is 1.24 bits per heavy atom. The summed E-state index contributed by atoms with van der Waals surface area (Å²) in [5, 5.41) is 56.4. The number of aliphatic carboxylic acids is 2. The number of nitrogens with one attached hydrogen (secondary N) is 8. The molecule has 3 aromatic rings. The van der Waals surface area contributed by atoms with Gasteiger partial charge in [0.15, 0.2) is 0 Å². The van der Waals surface area contributed by atoms with E-state index >= 15 is 0 Å². The zero-order chi connectivity index (χ0) is 50.7. The van der Waals surface area contributed by atoms with E-state index in [0.717, 1.165) is 17.8 Å². The van der Waals surface area contributed by atoms with E-state index in [4.69, 9.17) is 16.6 Å². The van der Waals surface area contributed by atoms with E-state index in [9.17, 15) is 63.3 Å². The van der Waals surface area contributed by atoms with E-state index in [1.54, 1.807) is 74.6 Å². The van der Waals surface area contributed by atoms with Crippen molar-refractivity contribution >= 4 is 70.1 Å². The fourth-order valence-corrected chi connectivity index (χ4v) is 6.77. The number of carbonyl (C=O) groups is 10. The van der Waals surface area contributed by atoms with E-state index in [2.05, 4.69) is 42.2 Å². The summed E-state index contributed by atoms with van der Waals surface area (Å²) in [7, 11) is 0. The maximum absolute atomic E-state index is 13.9. The van der Waals surface area contributed by atoms with Gasteiger partial charge in [-0.05, 0) is 42.9 Å². The highest BCUT2D eigenvalue weighted by Crippen LogP contribution is 2.19. The van der Waals surface area contributed by atoms with Crippen LogP contribution in [0.3, 0.4) is 0 Å². The zero-order valence-electron chi connectivity index (χ0n) is 37.7. The lowest BCUT2D eigenvalue weighted by molar-refractivity contribution is -0.142. The fraction of sp³-hybridized carbons (Fsp3) is 0.455. The topological polar surface area (TPSA) is 404 Å². The van der Waals surface area contributed by atoms with Gasteiger partial charge in [-0.1, -0.05) is 62.4 Å². The molecule has 68 heavy (non-hydrogen) atoms. The normalized spacial score (nSPS) is 14.6. The van der Waals surface area contributed by atoms with Gasteiger partial charge >= 0.3 is 11.9 Å². The third-order valence-corrected chi connectivity index (χ3v) is 10.3. The van der Waals surface area contributed by atoms with Crippen LogP contribution in [0.25, 0.3) is 10.9 Å². The Morgan fingerprint density at radius 1 is 0.662 bits per heavy atom. The predicted octanol–water partition coefficient (Wildman–Crippen LogP) is -3.45. The van der Waals surface area contributed by atoms with E-state index in [1.807, 2.05) is 0 Å². The summed E-state index contributed by atoms with van der Waals surface area (Å²) < 4.78 is 0. The summed E-state index contributed by atoms with van der Waals surface area (Å²) >= 11 is 0. The highest BCUT2D eigenvalue weighted by atomic mass is 16.4. The molecule has 0 spiro atoms. The number of carbonyl (C=O) groups excluding carboxylic acids is 8. The van der Waals surface area contributed by atoms with Gasteiger partial charge in [-0.25, -0.2) is 4.79 Å². The number of hydrogen-bond donors (Lipinski definition) is 14. The van der Waals surface area contributed by atoms with Crippen LogP contribution in [-0.2, 0) is 60.8 Å². The second kappa shape index (κ2) is 26.6. The molecule has 0 unspecified atom stereocenters. The molecule has 0 bridgehead atoms. The molecule has 8 amide bonds. The van der Waals surface area contributed by atoms with Crippen LogP contribution >= 0.6 is 0 Å². The van der Waals surface area contributed by atoms with E-state index in [-0.39, 0.29) is 31.6 Å². The number of hydrogen-bond acceptors (Lipinski definition) is 13. The molecule has 0 radical (unpaired) electrons. The van der Waals surface area contributed by atoms with Gasteiger partial charge in [0.2, 0.25) is 47.3 Å². The molecule has 24 nitrogen and oxygen atoms in total. The smallest absolute Gasteiger partial charge is 0.326 e. The van der Waals surface area contributed by atoms with Gasteiger partial charge in [-0.15, -0.1) is 0 Å². The van der Waals surface area contributed by atoms with E-state index < -0.39 is 134 Å². The molecular formula is C44H60N10O14. The summed E-state index contributed by atoms with van der Waals surface area (Å²) in [6.45, 7) is 2.74. The largest absolute Gasteiger partial charge is 0.481 e. The molecule has 370 valence electrons. The van der Waals surface area contributed by atoms with Gasteiger partial charge in [0.05, 0.1) is 31.7 Å². The van der Waals surface area contributed by atoms with Crippen molar-refractivity contribution in [2.45, 2.75) is 108 Å². The maximum atomic E-state index is 13.9. The summed E-state index contributed by atoms with van der Waals surface area (Å²) in [6.07, 6.45) is -1.78. The average Bonchev–Trinajstić information content (AvgIpc) is 3.69. The number of para-hydroxylation sites is 1. The lowest BCUT2D eigenvalue weighted by Crippen LogP contribution is -2.61. The first kappa shape index (κ1) is 54.9. The number of H-pyrrole nitrogens is 1. The fourth-order valence-electron chi connectivity index (χ4n) is 6.77. The Balaban J connectivity index is 1.73. The van der Waals surface area contributed by atoms with Crippen molar-refractivity contribution in [1.82, 2.24) is 42.2 Å². The van der Waals surface area contributed by atoms with Crippen molar-refractivity contribution < 1.29 is 68.4 Å². The number of fused-ring (bicyclic) bond motifs is 1. The minimum absolute atomic E-state index is 0.0189. The van der Waals surface area contributed by atoms with Crippen molar-refractivity contribution in [2.24, 2.45) is 17.4 Å². The quantitative estimate of drug-likeness (QED) is 0.0337. The second-order valence-corrected chi connectivity index (χ2v) is 16.4. The molecule has 8 atom stereocenters. The molecule has 16 N–H and O–H groups in total. The number of carboxylic acids is 2. The number of aliphatic hydroxyl groups is 2. The van der Waals surface area contributed by atoms with Crippen LogP contribution in [0.1, 0.15) is 57.6 Å². The van der Waals surface area contributed by atoms with Gasteiger partial charge < -0.3 is 74.1 Å². The zero-order valence-corrected chi connectivity index (χ0v) is 37.7. The van der Waals surface area contributed by atoms with Gasteiger partial charge in [0, 0.05) is 36.4 Å². The average molecular weight is 953 g/mol. The van der Waals surface area contributed by atoms with E-state index in [0.29, 0.717) is 11.1 Å². The number of aromatic amines is 1. The van der Waals surface area contributed by atoms with Crippen molar-refractivity contribution in [3.05, 3.63) is 71.9 Å². The Hall–Kier alpha value is -7.44. The summed E-state index contributed by atoms with van der Waals surface area (Å²) in [4.78, 5) is 132. The minimum Gasteiger partial charge on any atom is -0.481 e. The van der Waals surface area contributed by atoms with Crippen molar-refractivity contribution in [2.75, 3.05) is 13.2 Å². The van der Waals surface area contributed by atoms with Gasteiger partial charge in [0.25, 0.3) is 0 Å². The van der Waals surface area contributed by atoms with Crippen LogP contribution in [0.4, 0.5) is 0 Å². The van der Waals surface area contributed by atoms with Crippen LogP contribution in [0.5, 0.6) is 0 Å². The number of nitrogens with two attached hydrogens (primary N) is 2. The number of benzene rings is 2. The summed E-state index contributed by atoms with van der Waals surface area (Å²) in [6, 6.07) is 4.37. The Morgan fingerprint density at radius 3 is 1.84 bits per heavy atom. The highest BCUT2D eigenvalue weighted by Gasteiger charge is 2.35. The number of amides is 8. The van der Waals surface area contributed by atoms with Gasteiger partial charge in [-0.2, -0.15) is 0 Å². The summed E-state index contributed by atoms with van der Waals surface area (Å²) in [5.41, 5.74) is 13.1. The molecule has 1 aromatic heterocycles. The molecule has 0 aliphatic heterocycles. The van der Waals surface area contributed by atoms with Crippen molar-refractivity contribution in [3.8, 4) is 0 Å². The molecular weight excluding hydrogens is 893 g/mol. The predicted molar refractivity (Wildman–Crippen MR) is 241 cm³/mol. The van der Waals surface area contributed by atoms with Crippen LogP contribution < -0.4 is 48.7 Å². The van der Waals surface area contributed by atoms with Gasteiger partial charge in [-0.3, -0.25) is 43.2 Å². The number of aromatic nitrogens is 1. The lowest BCUT2D eigenvalue weighted by Gasteiger charge is -2.27. The molecule has 2 aromatic carbocycles. The number of aliphatic hydroxyl groups excluding tert-OH is 2. The molecule has 0 aliphatic carbocycles. The molecule has 0 fully saturated rings. The Labute approximate surface area is 390 Å². The molecule has 1 heterocycles. The lowest BCUT2D eigenvalue weighted by atomic mass is 10.0. The maximum Gasteiger partial charge on any atom is 0.326 e. The number of primary amides is 1. The minimum atomic E-state index is -1.82. The summed E-state index contributed by atoms with van der Waals surface area (Å²) in [5.74, 6) is -11.0. The van der Waals surface area contributed by atoms with Crippen LogP contribution in [0.15, 0.2) is 60.8 Å². The van der Waals surface area contributed by atoms with Crippen LogP contribution in [0, 0.1) is 5.92 Å².